The Morgan fingerprint density at radius 3 is 1.81 bits per heavy atom. The lowest BCUT2D eigenvalue weighted by Gasteiger charge is -2.35. The van der Waals surface area contributed by atoms with Crippen LogP contribution in [-0.4, -0.2) is 35.2 Å². The Kier molecular flexibility index (Phi) is 13.7. The van der Waals surface area contributed by atoms with Crippen LogP contribution in [-0.2, 0) is 9.63 Å². The highest BCUT2D eigenvalue weighted by Gasteiger charge is 2.42. The number of hydroxylamine groups is 2. The summed E-state index contributed by atoms with van der Waals surface area (Å²) in [5.74, 6) is 0.396. The zero-order valence-electron chi connectivity index (χ0n) is 20.4. The van der Waals surface area contributed by atoms with Crippen molar-refractivity contribution in [2.75, 3.05) is 19.8 Å². The molecular formula is C27H49N2O2+. The van der Waals surface area contributed by atoms with Gasteiger partial charge < -0.3 is 4.84 Å². The van der Waals surface area contributed by atoms with Crippen molar-refractivity contribution in [3.8, 4) is 0 Å². The summed E-state index contributed by atoms with van der Waals surface area (Å²) < 4.78 is 0.580. The van der Waals surface area contributed by atoms with Crippen molar-refractivity contribution in [3.63, 3.8) is 0 Å². The molecule has 2 rings (SSSR count). The van der Waals surface area contributed by atoms with E-state index in [0.717, 1.165) is 32.4 Å². The highest BCUT2D eigenvalue weighted by atomic mass is 16.7. The minimum Gasteiger partial charge on any atom is -0.383 e. The SMILES string of the molecule is CCCCCCCCCCCCCCCCCC[N+]1(CN2C=CC=CO2)CCCC1=O. The standard InChI is InChI=1S/C27H49N2O2/c1-2-3-4-5-6-7-8-9-10-11-12-13-14-15-16-18-23-29(24-20-21-27(29)30)26-28-22-17-19-25-31-28/h17,19,22,25H,2-16,18,20-21,23-24,26H2,1H3/q+1. The Hall–Kier alpha value is -1.29. The summed E-state index contributed by atoms with van der Waals surface area (Å²) in [6, 6.07) is 0. The molecule has 1 fully saturated rings. The van der Waals surface area contributed by atoms with Gasteiger partial charge in [0.1, 0.15) is 6.26 Å². The van der Waals surface area contributed by atoms with E-state index in [9.17, 15) is 4.79 Å². The largest absolute Gasteiger partial charge is 0.383 e. The number of quaternary nitrogens is 1. The van der Waals surface area contributed by atoms with Crippen LogP contribution >= 0.6 is 0 Å². The van der Waals surface area contributed by atoms with Gasteiger partial charge in [-0.1, -0.05) is 96.8 Å². The first-order valence-corrected chi connectivity index (χ1v) is 13.4. The molecule has 2 aliphatic rings. The number of hydrogen-bond acceptors (Lipinski definition) is 3. The average molecular weight is 434 g/mol. The second-order valence-corrected chi connectivity index (χ2v) is 9.73. The summed E-state index contributed by atoms with van der Waals surface area (Å²) in [5.41, 5.74) is 0. The maximum absolute atomic E-state index is 12.6. The summed E-state index contributed by atoms with van der Waals surface area (Å²) in [6.45, 7) is 4.87. The van der Waals surface area contributed by atoms with E-state index in [4.69, 9.17) is 4.84 Å². The summed E-state index contributed by atoms with van der Waals surface area (Å²) in [4.78, 5) is 18.2. The summed E-state index contributed by atoms with van der Waals surface area (Å²) in [7, 11) is 0. The molecule has 0 N–H and O–H groups in total. The van der Waals surface area contributed by atoms with Crippen LogP contribution in [0.25, 0.3) is 0 Å². The molecule has 31 heavy (non-hydrogen) atoms. The minimum atomic E-state index is 0.396. The molecule has 0 aromatic heterocycles. The van der Waals surface area contributed by atoms with Gasteiger partial charge in [-0.2, -0.15) is 5.06 Å². The van der Waals surface area contributed by atoms with E-state index in [1.807, 2.05) is 23.4 Å². The highest BCUT2D eigenvalue weighted by molar-refractivity contribution is 5.70. The molecule has 1 amide bonds. The third kappa shape index (κ3) is 10.7. The van der Waals surface area contributed by atoms with Gasteiger partial charge in [0.2, 0.25) is 0 Å². The number of allylic oxidation sites excluding steroid dienone is 2. The molecule has 0 radical (unpaired) electrons. The second-order valence-electron chi connectivity index (χ2n) is 9.73. The van der Waals surface area contributed by atoms with E-state index in [0.29, 0.717) is 17.1 Å². The minimum absolute atomic E-state index is 0.396. The van der Waals surface area contributed by atoms with Gasteiger partial charge in [0, 0.05) is 12.6 Å². The van der Waals surface area contributed by atoms with Gasteiger partial charge in [0.25, 0.3) is 0 Å². The number of unbranched alkanes of at least 4 members (excludes halogenated alkanes) is 15. The van der Waals surface area contributed by atoms with E-state index in [-0.39, 0.29) is 0 Å². The first-order chi connectivity index (χ1) is 15.3. The van der Waals surface area contributed by atoms with Crippen molar-refractivity contribution < 1.29 is 14.1 Å². The quantitative estimate of drug-likeness (QED) is 0.155. The molecule has 1 saturated heterocycles. The van der Waals surface area contributed by atoms with Gasteiger partial charge in [-0.3, -0.25) is 0 Å². The predicted octanol–water partition coefficient (Wildman–Crippen LogP) is 7.62. The fraction of sp³-hybridized carbons (Fsp3) is 0.815. The van der Waals surface area contributed by atoms with Gasteiger partial charge in [-0.25, -0.2) is 9.28 Å². The zero-order chi connectivity index (χ0) is 22.0. The molecule has 0 aliphatic carbocycles. The molecule has 0 aromatic rings. The van der Waals surface area contributed by atoms with Crippen molar-refractivity contribution in [1.82, 2.24) is 5.06 Å². The van der Waals surface area contributed by atoms with E-state index < -0.39 is 0 Å². The van der Waals surface area contributed by atoms with E-state index in [1.165, 1.54) is 96.3 Å². The third-order valence-corrected chi connectivity index (χ3v) is 6.99. The molecule has 1 atom stereocenters. The maximum atomic E-state index is 12.6. The van der Waals surface area contributed by atoms with Crippen LogP contribution in [0, 0.1) is 0 Å². The molecule has 0 bridgehead atoms. The predicted molar refractivity (Wildman–Crippen MR) is 130 cm³/mol. The molecule has 0 aromatic carbocycles. The van der Waals surface area contributed by atoms with Crippen LogP contribution < -0.4 is 0 Å². The number of nitrogens with zero attached hydrogens (tertiary/aromatic N) is 2. The van der Waals surface area contributed by atoms with Gasteiger partial charge in [-0.05, 0) is 25.0 Å². The molecule has 1 unspecified atom stereocenters. The third-order valence-electron chi connectivity index (χ3n) is 6.99. The van der Waals surface area contributed by atoms with Crippen LogP contribution in [0.5, 0.6) is 0 Å². The molecule has 4 nitrogen and oxygen atoms in total. The number of rotatable bonds is 19. The van der Waals surface area contributed by atoms with Crippen molar-refractivity contribution in [2.24, 2.45) is 0 Å². The molecule has 4 heteroatoms. The summed E-state index contributed by atoms with van der Waals surface area (Å²) in [6.07, 6.45) is 31.3. The van der Waals surface area contributed by atoms with Crippen LogP contribution in [0.3, 0.4) is 0 Å². The van der Waals surface area contributed by atoms with E-state index >= 15 is 0 Å². The zero-order valence-corrected chi connectivity index (χ0v) is 20.4. The smallest absolute Gasteiger partial charge is 0.315 e. The lowest BCUT2D eigenvalue weighted by Crippen LogP contribution is -2.54. The number of carbonyl (C=O) groups excluding carboxylic acids is 1. The number of likely N-dealkylation sites (tertiary alicyclic amines) is 1. The number of hydrogen-bond donors (Lipinski definition) is 0. The molecular weight excluding hydrogens is 384 g/mol. The van der Waals surface area contributed by atoms with Gasteiger partial charge in [0.15, 0.2) is 6.67 Å². The maximum Gasteiger partial charge on any atom is 0.315 e. The summed E-state index contributed by atoms with van der Waals surface area (Å²) >= 11 is 0. The first kappa shape index (κ1) is 26.0. The lowest BCUT2D eigenvalue weighted by atomic mass is 10.0. The second kappa shape index (κ2) is 16.4. The van der Waals surface area contributed by atoms with Crippen molar-refractivity contribution in [3.05, 3.63) is 24.6 Å². The van der Waals surface area contributed by atoms with Crippen molar-refractivity contribution in [1.29, 1.82) is 0 Å². The summed E-state index contributed by atoms with van der Waals surface area (Å²) in [5, 5.41) is 1.82. The van der Waals surface area contributed by atoms with Crippen molar-refractivity contribution in [2.45, 2.75) is 122 Å². The topological polar surface area (TPSA) is 29.5 Å². The molecule has 0 spiro atoms. The monoisotopic (exact) mass is 433 g/mol. The fourth-order valence-corrected chi connectivity index (χ4v) is 5.00. The Bertz CT molecular complexity index is 531. The first-order valence-electron chi connectivity index (χ1n) is 13.4. The molecule has 2 heterocycles. The van der Waals surface area contributed by atoms with Gasteiger partial charge >= 0.3 is 5.91 Å². The van der Waals surface area contributed by atoms with Gasteiger partial charge in [0.05, 0.1) is 19.5 Å². The lowest BCUT2D eigenvalue weighted by molar-refractivity contribution is -0.861. The van der Waals surface area contributed by atoms with E-state index in [2.05, 4.69) is 6.92 Å². The van der Waals surface area contributed by atoms with Crippen LogP contribution in [0.4, 0.5) is 0 Å². The van der Waals surface area contributed by atoms with Crippen LogP contribution in [0.1, 0.15) is 122 Å². The van der Waals surface area contributed by atoms with Crippen LogP contribution in [0.2, 0.25) is 0 Å². The highest BCUT2D eigenvalue weighted by Crippen LogP contribution is 2.24. The number of carbonyl (C=O) groups is 1. The Morgan fingerprint density at radius 2 is 1.35 bits per heavy atom. The molecule has 2 aliphatic heterocycles. The fourth-order valence-electron chi connectivity index (χ4n) is 5.00. The normalized spacial score (nSPS) is 20.5. The Balaban J connectivity index is 1.42. The number of amides is 1. The Morgan fingerprint density at radius 1 is 0.806 bits per heavy atom. The molecule has 0 saturated carbocycles. The van der Waals surface area contributed by atoms with Crippen LogP contribution in [0.15, 0.2) is 24.6 Å². The van der Waals surface area contributed by atoms with Gasteiger partial charge in [-0.15, -0.1) is 0 Å². The van der Waals surface area contributed by atoms with E-state index in [1.54, 1.807) is 6.26 Å². The Labute approximate surface area is 192 Å². The van der Waals surface area contributed by atoms with Crippen molar-refractivity contribution >= 4 is 5.91 Å². The average Bonchev–Trinajstić information content (AvgIpc) is 3.14. The molecule has 178 valence electrons.